The summed E-state index contributed by atoms with van der Waals surface area (Å²) in [4.78, 5) is 35.3. The molecule has 12 heteroatoms. The number of amides is 2. The van der Waals surface area contributed by atoms with Crippen molar-refractivity contribution in [1.29, 1.82) is 10.8 Å². The lowest BCUT2D eigenvalue weighted by Crippen LogP contribution is -2.22. The molecule has 1 aliphatic carbocycles. The van der Waals surface area contributed by atoms with E-state index in [2.05, 4.69) is 26.1 Å². The summed E-state index contributed by atoms with van der Waals surface area (Å²) in [5.74, 6) is -1.72. The maximum Gasteiger partial charge on any atom is 0.353 e. The van der Waals surface area contributed by atoms with Crippen molar-refractivity contribution in [3.05, 3.63) is 47.7 Å². The average molecular weight is 465 g/mol. The molecule has 6 N–H and O–H groups in total. The Balaban J connectivity index is 1.95. The molecule has 1 heterocycles. The minimum Gasteiger partial charge on any atom is -0.494 e. The molecule has 0 saturated heterocycles. The van der Waals surface area contributed by atoms with E-state index in [9.17, 15) is 14.4 Å². The first kappa shape index (κ1) is 24.0. The minimum atomic E-state index is -1.41. The Morgan fingerprint density at radius 2 is 1.88 bits per heavy atom. The molecular formula is C22H23N7O5. The van der Waals surface area contributed by atoms with Gasteiger partial charge in [0.25, 0.3) is 5.91 Å². The molecule has 3 rings (SSSR count). The number of hydrogen-bond donors (Lipinski definition) is 6. The molecule has 176 valence electrons. The highest BCUT2D eigenvalue weighted by Gasteiger charge is 2.30. The minimum absolute atomic E-state index is 0.0238. The van der Waals surface area contributed by atoms with E-state index < -0.39 is 17.6 Å². The van der Waals surface area contributed by atoms with Crippen molar-refractivity contribution in [3.63, 3.8) is 0 Å². The summed E-state index contributed by atoms with van der Waals surface area (Å²) in [6.07, 6.45) is 3.80. The molecular weight excluding hydrogens is 442 g/mol. The smallest absolute Gasteiger partial charge is 0.353 e. The normalized spacial score (nSPS) is 12.6. The maximum absolute atomic E-state index is 12.3. The van der Waals surface area contributed by atoms with E-state index >= 15 is 0 Å². The quantitative estimate of drug-likeness (QED) is 0.287. The first-order chi connectivity index (χ1) is 16.2. The van der Waals surface area contributed by atoms with E-state index in [1.54, 1.807) is 18.2 Å². The van der Waals surface area contributed by atoms with Gasteiger partial charge in [0.15, 0.2) is 17.3 Å². The van der Waals surface area contributed by atoms with Crippen molar-refractivity contribution in [2.45, 2.75) is 12.8 Å². The van der Waals surface area contributed by atoms with Crippen LogP contribution in [-0.4, -0.2) is 58.7 Å². The van der Waals surface area contributed by atoms with Crippen LogP contribution in [0, 0.1) is 16.7 Å². The Morgan fingerprint density at radius 3 is 2.50 bits per heavy atom. The highest BCUT2D eigenvalue weighted by atomic mass is 16.5. The van der Waals surface area contributed by atoms with Gasteiger partial charge in [-0.2, -0.15) is 0 Å². The lowest BCUT2D eigenvalue weighted by Gasteiger charge is -2.16. The van der Waals surface area contributed by atoms with Crippen molar-refractivity contribution in [2.24, 2.45) is 5.92 Å². The molecule has 1 aromatic carbocycles. The SMILES string of the molecule is CNC(=O)c1nnc(NC(=O)C2CC2)cc1Nc1cccc(C(=N)/C=C\C(=N)C(=O)O)c1OC. The van der Waals surface area contributed by atoms with Gasteiger partial charge in [-0.25, -0.2) is 4.79 Å². The van der Waals surface area contributed by atoms with Crippen molar-refractivity contribution in [3.8, 4) is 5.75 Å². The second kappa shape index (κ2) is 10.3. The Labute approximate surface area is 194 Å². The van der Waals surface area contributed by atoms with Crippen LogP contribution in [-0.2, 0) is 9.59 Å². The molecule has 1 saturated carbocycles. The molecule has 12 nitrogen and oxygen atoms in total. The number of aromatic nitrogens is 2. The lowest BCUT2D eigenvalue weighted by molar-refractivity contribution is -0.129. The molecule has 2 amide bonds. The standard InChI is InChI=1S/C22H23N7O5/c1-25-21(31)18-16(10-17(28-29-18)27-20(30)11-6-7-11)26-15-5-3-4-12(19(15)34-2)13(23)8-9-14(24)22(32)33/h3-5,8-11,23-24H,6-7H2,1-2H3,(H,25,31)(H,32,33)(H2,26,27,28,30)/b9-8-,23-13?,24-14?. The molecule has 2 aromatic rings. The fourth-order valence-corrected chi connectivity index (χ4v) is 2.95. The van der Waals surface area contributed by atoms with Crippen LogP contribution in [0.25, 0.3) is 0 Å². The Hall–Kier alpha value is -4.61. The van der Waals surface area contributed by atoms with Crippen molar-refractivity contribution in [1.82, 2.24) is 15.5 Å². The molecule has 0 radical (unpaired) electrons. The molecule has 0 spiro atoms. The van der Waals surface area contributed by atoms with Gasteiger partial charge in [0.1, 0.15) is 5.71 Å². The number of rotatable bonds is 10. The van der Waals surface area contributed by atoms with Gasteiger partial charge in [-0.15, -0.1) is 10.2 Å². The third-order valence-electron chi connectivity index (χ3n) is 4.86. The number of methoxy groups -OCH3 is 1. The zero-order valence-electron chi connectivity index (χ0n) is 18.4. The summed E-state index contributed by atoms with van der Waals surface area (Å²) in [7, 11) is 2.84. The van der Waals surface area contributed by atoms with Crippen LogP contribution in [0.2, 0.25) is 0 Å². The second-order valence-electron chi connectivity index (χ2n) is 7.31. The Kier molecular flexibility index (Phi) is 7.31. The van der Waals surface area contributed by atoms with Gasteiger partial charge in [-0.3, -0.25) is 15.0 Å². The zero-order valence-corrected chi connectivity index (χ0v) is 18.4. The monoisotopic (exact) mass is 465 g/mol. The van der Waals surface area contributed by atoms with Gasteiger partial charge in [-0.05, 0) is 37.1 Å². The number of ether oxygens (including phenoxy) is 1. The molecule has 0 atom stereocenters. The fraction of sp³-hybridized carbons (Fsp3) is 0.227. The number of para-hydroxylation sites is 1. The van der Waals surface area contributed by atoms with Crippen molar-refractivity contribution in [2.75, 3.05) is 24.8 Å². The van der Waals surface area contributed by atoms with E-state index in [0.717, 1.165) is 18.9 Å². The molecule has 0 unspecified atom stereocenters. The van der Waals surface area contributed by atoms with Crippen LogP contribution in [0.4, 0.5) is 17.2 Å². The highest BCUT2D eigenvalue weighted by molar-refractivity contribution is 6.39. The lowest BCUT2D eigenvalue weighted by atomic mass is 10.1. The zero-order chi connectivity index (χ0) is 24.8. The molecule has 1 fully saturated rings. The number of carboxylic acid groups (broad SMARTS) is 1. The van der Waals surface area contributed by atoms with E-state index in [4.69, 9.17) is 20.7 Å². The molecule has 0 bridgehead atoms. The summed E-state index contributed by atoms with van der Waals surface area (Å²) in [6, 6.07) is 6.35. The van der Waals surface area contributed by atoms with Crippen LogP contribution in [0.3, 0.4) is 0 Å². The van der Waals surface area contributed by atoms with Crippen LogP contribution in [0.15, 0.2) is 36.4 Å². The van der Waals surface area contributed by atoms with Crippen LogP contribution >= 0.6 is 0 Å². The van der Waals surface area contributed by atoms with Crippen molar-refractivity contribution >= 4 is 46.4 Å². The predicted molar refractivity (Wildman–Crippen MR) is 124 cm³/mol. The Bertz CT molecular complexity index is 1200. The first-order valence-electron chi connectivity index (χ1n) is 10.2. The molecule has 1 aliphatic rings. The summed E-state index contributed by atoms with van der Waals surface area (Å²) in [5, 5.41) is 40.5. The number of carbonyl (C=O) groups is 3. The molecule has 0 aliphatic heterocycles. The number of allylic oxidation sites excluding steroid dienone is 1. The van der Waals surface area contributed by atoms with Crippen LogP contribution < -0.4 is 20.7 Å². The number of carboxylic acids is 1. The average Bonchev–Trinajstić information content (AvgIpc) is 3.67. The fourth-order valence-electron chi connectivity index (χ4n) is 2.95. The van der Waals surface area contributed by atoms with E-state index in [0.29, 0.717) is 11.3 Å². The van der Waals surface area contributed by atoms with Gasteiger partial charge >= 0.3 is 5.97 Å². The number of hydrogen-bond acceptors (Lipinski definition) is 9. The summed E-state index contributed by atoms with van der Waals surface area (Å²) in [5.41, 5.74) is 0.145. The maximum atomic E-state index is 12.3. The third kappa shape index (κ3) is 5.59. The van der Waals surface area contributed by atoms with E-state index in [1.165, 1.54) is 26.3 Å². The number of aliphatic carboxylic acids is 1. The Morgan fingerprint density at radius 1 is 1.15 bits per heavy atom. The predicted octanol–water partition coefficient (Wildman–Crippen LogP) is 1.97. The number of benzene rings is 1. The van der Waals surface area contributed by atoms with Gasteiger partial charge in [0, 0.05) is 24.6 Å². The second-order valence-corrected chi connectivity index (χ2v) is 7.31. The van der Waals surface area contributed by atoms with Crippen LogP contribution in [0.1, 0.15) is 28.9 Å². The third-order valence-corrected chi connectivity index (χ3v) is 4.86. The molecule has 1 aromatic heterocycles. The van der Waals surface area contributed by atoms with Gasteiger partial charge in [0.2, 0.25) is 5.91 Å². The summed E-state index contributed by atoms with van der Waals surface area (Å²) >= 11 is 0. The largest absolute Gasteiger partial charge is 0.494 e. The van der Waals surface area contributed by atoms with Gasteiger partial charge < -0.3 is 31.2 Å². The summed E-state index contributed by atoms with van der Waals surface area (Å²) in [6.45, 7) is 0. The first-order valence-corrected chi connectivity index (χ1v) is 10.2. The number of nitrogens with zero attached hydrogens (tertiary/aromatic N) is 2. The van der Waals surface area contributed by atoms with E-state index in [1.807, 2.05) is 0 Å². The van der Waals surface area contributed by atoms with Crippen LogP contribution in [0.5, 0.6) is 5.75 Å². The topological polar surface area (TPSA) is 190 Å². The van der Waals surface area contributed by atoms with Gasteiger partial charge in [-0.1, -0.05) is 6.07 Å². The summed E-state index contributed by atoms with van der Waals surface area (Å²) < 4.78 is 5.47. The van der Waals surface area contributed by atoms with E-state index in [-0.39, 0.29) is 40.5 Å². The number of carbonyl (C=O) groups excluding carboxylic acids is 2. The number of anilines is 3. The highest BCUT2D eigenvalue weighted by Crippen LogP contribution is 2.34. The van der Waals surface area contributed by atoms with Gasteiger partial charge in [0.05, 0.1) is 24.2 Å². The molecule has 34 heavy (non-hydrogen) atoms. The number of nitrogens with one attached hydrogen (secondary N) is 5. The van der Waals surface area contributed by atoms with Crippen molar-refractivity contribution < 1.29 is 24.2 Å².